The Hall–Kier alpha value is -0.780. The van der Waals surface area contributed by atoms with Crippen LogP contribution in [0.4, 0.5) is 0 Å². The highest BCUT2D eigenvalue weighted by molar-refractivity contribution is 7.99. The Balaban J connectivity index is 2.77. The summed E-state index contributed by atoms with van der Waals surface area (Å²) in [6, 6.07) is 3.77. The van der Waals surface area contributed by atoms with Crippen molar-refractivity contribution in [3.63, 3.8) is 0 Å². The van der Waals surface area contributed by atoms with Crippen LogP contribution in [0.2, 0.25) is 0 Å². The smallest absolute Gasteiger partial charge is 0.142 e. The van der Waals surface area contributed by atoms with Crippen molar-refractivity contribution in [3.05, 3.63) is 24.0 Å². The van der Waals surface area contributed by atoms with Gasteiger partial charge in [-0.2, -0.15) is 11.8 Å². The Kier molecular flexibility index (Phi) is 5.59. The van der Waals surface area contributed by atoms with E-state index in [9.17, 15) is 0 Å². The van der Waals surface area contributed by atoms with Crippen LogP contribution in [0.25, 0.3) is 0 Å². The van der Waals surface area contributed by atoms with Crippen LogP contribution in [-0.4, -0.2) is 23.1 Å². The fraction of sp³-hybridized carbons (Fsp3) is 0.545. The molecule has 0 amide bonds. The van der Waals surface area contributed by atoms with Crippen molar-refractivity contribution < 1.29 is 4.74 Å². The molecule has 0 aliphatic rings. The van der Waals surface area contributed by atoms with E-state index < -0.39 is 0 Å². The molecule has 0 bridgehead atoms. The molecule has 1 heterocycles. The zero-order valence-electron chi connectivity index (χ0n) is 9.93. The molecular formula is C11H19N3OS. The van der Waals surface area contributed by atoms with Gasteiger partial charge < -0.3 is 4.74 Å². The molecule has 1 atom stereocenters. The van der Waals surface area contributed by atoms with Gasteiger partial charge in [0.15, 0.2) is 0 Å². The van der Waals surface area contributed by atoms with Gasteiger partial charge in [0.1, 0.15) is 11.4 Å². The summed E-state index contributed by atoms with van der Waals surface area (Å²) in [6.07, 6.45) is 1.75. The number of nitrogens with one attached hydrogen (secondary N) is 1. The van der Waals surface area contributed by atoms with Crippen molar-refractivity contribution in [2.24, 2.45) is 5.84 Å². The van der Waals surface area contributed by atoms with Gasteiger partial charge in [0.2, 0.25) is 0 Å². The molecule has 0 saturated heterocycles. The van der Waals surface area contributed by atoms with Crippen LogP contribution in [0.1, 0.15) is 25.6 Å². The third-order valence-corrected chi connectivity index (χ3v) is 3.34. The molecule has 0 aliphatic heterocycles. The number of aromatic nitrogens is 1. The number of pyridine rings is 1. The van der Waals surface area contributed by atoms with Crippen LogP contribution in [0, 0.1) is 0 Å². The molecule has 1 rings (SSSR count). The van der Waals surface area contributed by atoms with E-state index >= 15 is 0 Å². The average Bonchev–Trinajstić information content (AvgIpc) is 2.30. The van der Waals surface area contributed by atoms with E-state index in [2.05, 4.69) is 24.3 Å². The number of methoxy groups -OCH3 is 1. The third kappa shape index (κ3) is 3.66. The summed E-state index contributed by atoms with van der Waals surface area (Å²) in [5.41, 5.74) is 3.65. The number of ether oxygens (including phenoxy) is 1. The monoisotopic (exact) mass is 241 g/mol. The lowest BCUT2D eigenvalue weighted by atomic mass is 10.2. The molecule has 1 aromatic rings. The Bertz CT molecular complexity index is 320. The minimum atomic E-state index is 0.0172. The summed E-state index contributed by atoms with van der Waals surface area (Å²) < 4.78 is 5.27. The second-order valence-corrected chi connectivity index (χ2v) is 5.30. The van der Waals surface area contributed by atoms with Gasteiger partial charge in [-0.1, -0.05) is 13.8 Å². The number of thioether (sulfide) groups is 1. The van der Waals surface area contributed by atoms with Gasteiger partial charge in [0.05, 0.1) is 13.2 Å². The van der Waals surface area contributed by atoms with Crippen molar-refractivity contribution in [1.82, 2.24) is 10.4 Å². The second kappa shape index (κ2) is 6.73. The maximum atomic E-state index is 5.56. The van der Waals surface area contributed by atoms with Crippen LogP contribution in [-0.2, 0) is 0 Å². The minimum Gasteiger partial charge on any atom is -0.495 e. The van der Waals surface area contributed by atoms with Gasteiger partial charge in [-0.3, -0.25) is 16.3 Å². The highest BCUT2D eigenvalue weighted by Gasteiger charge is 2.16. The van der Waals surface area contributed by atoms with Crippen LogP contribution < -0.4 is 16.0 Å². The molecule has 16 heavy (non-hydrogen) atoms. The van der Waals surface area contributed by atoms with E-state index in [1.54, 1.807) is 13.3 Å². The molecule has 0 saturated carbocycles. The molecule has 90 valence electrons. The van der Waals surface area contributed by atoms with Gasteiger partial charge >= 0.3 is 0 Å². The lowest BCUT2D eigenvalue weighted by Crippen LogP contribution is -2.31. The summed E-state index contributed by atoms with van der Waals surface area (Å²) in [6.45, 7) is 4.32. The van der Waals surface area contributed by atoms with Crippen LogP contribution in [0.5, 0.6) is 5.75 Å². The largest absolute Gasteiger partial charge is 0.495 e. The molecule has 5 heteroatoms. The topological polar surface area (TPSA) is 60.2 Å². The lowest BCUT2D eigenvalue weighted by Gasteiger charge is -2.18. The highest BCUT2D eigenvalue weighted by Crippen LogP contribution is 2.25. The van der Waals surface area contributed by atoms with Gasteiger partial charge in [-0.25, -0.2) is 0 Å². The first-order chi connectivity index (χ1) is 7.69. The van der Waals surface area contributed by atoms with E-state index in [0.717, 1.165) is 17.2 Å². The quantitative estimate of drug-likeness (QED) is 0.587. The fourth-order valence-corrected chi connectivity index (χ4v) is 2.16. The normalized spacial score (nSPS) is 12.8. The van der Waals surface area contributed by atoms with E-state index in [0.29, 0.717) is 5.25 Å². The SMILES string of the molecule is COc1cccnc1C(CSC(C)C)NN. The standard InChI is InChI=1S/C11H19N3OS/c1-8(2)16-7-9(14-12)11-10(15-3)5-4-6-13-11/h4-6,8-9,14H,7,12H2,1-3H3. The predicted molar refractivity (Wildman–Crippen MR) is 68.4 cm³/mol. The first kappa shape index (κ1) is 13.3. The Morgan fingerprint density at radius 2 is 2.31 bits per heavy atom. The van der Waals surface area contributed by atoms with Gasteiger partial charge in [-0.05, 0) is 17.4 Å². The summed E-state index contributed by atoms with van der Waals surface area (Å²) in [7, 11) is 1.64. The van der Waals surface area contributed by atoms with Crippen molar-refractivity contribution in [2.45, 2.75) is 25.1 Å². The van der Waals surface area contributed by atoms with E-state index in [4.69, 9.17) is 10.6 Å². The molecule has 0 aliphatic carbocycles. The van der Waals surface area contributed by atoms with Crippen molar-refractivity contribution in [3.8, 4) is 5.75 Å². The van der Waals surface area contributed by atoms with Crippen molar-refractivity contribution in [1.29, 1.82) is 0 Å². The molecule has 0 radical (unpaired) electrons. The Morgan fingerprint density at radius 3 is 2.88 bits per heavy atom. The third-order valence-electron chi connectivity index (χ3n) is 2.15. The Morgan fingerprint density at radius 1 is 1.56 bits per heavy atom. The number of rotatable bonds is 6. The number of hydrogen-bond donors (Lipinski definition) is 2. The van der Waals surface area contributed by atoms with E-state index in [1.807, 2.05) is 23.9 Å². The van der Waals surface area contributed by atoms with E-state index in [1.165, 1.54) is 0 Å². The average molecular weight is 241 g/mol. The molecule has 1 aromatic heterocycles. The van der Waals surface area contributed by atoms with Crippen molar-refractivity contribution in [2.75, 3.05) is 12.9 Å². The van der Waals surface area contributed by atoms with E-state index in [-0.39, 0.29) is 6.04 Å². The molecule has 0 spiro atoms. The number of nitrogens with two attached hydrogens (primary N) is 1. The van der Waals surface area contributed by atoms with Crippen LogP contribution in [0.3, 0.4) is 0 Å². The minimum absolute atomic E-state index is 0.0172. The summed E-state index contributed by atoms with van der Waals surface area (Å²) >= 11 is 1.84. The lowest BCUT2D eigenvalue weighted by molar-refractivity contribution is 0.398. The second-order valence-electron chi connectivity index (χ2n) is 3.69. The van der Waals surface area contributed by atoms with Gasteiger partial charge in [0.25, 0.3) is 0 Å². The number of nitrogens with zero attached hydrogens (tertiary/aromatic N) is 1. The number of hydrogen-bond acceptors (Lipinski definition) is 5. The predicted octanol–water partition coefficient (Wildman–Crippen LogP) is 1.74. The first-order valence-corrected chi connectivity index (χ1v) is 6.30. The molecule has 0 aromatic carbocycles. The molecule has 4 nitrogen and oxygen atoms in total. The van der Waals surface area contributed by atoms with Crippen molar-refractivity contribution >= 4 is 11.8 Å². The molecule has 3 N–H and O–H groups in total. The molecule has 1 unspecified atom stereocenters. The fourth-order valence-electron chi connectivity index (χ4n) is 1.33. The first-order valence-electron chi connectivity index (χ1n) is 5.25. The zero-order valence-corrected chi connectivity index (χ0v) is 10.8. The zero-order chi connectivity index (χ0) is 12.0. The molecule has 0 fully saturated rings. The summed E-state index contributed by atoms with van der Waals surface area (Å²) in [5.74, 6) is 7.21. The summed E-state index contributed by atoms with van der Waals surface area (Å²) in [5, 5.41) is 0.575. The van der Waals surface area contributed by atoms with Crippen LogP contribution >= 0.6 is 11.8 Å². The molecular weight excluding hydrogens is 222 g/mol. The maximum Gasteiger partial charge on any atom is 0.142 e. The summed E-state index contributed by atoms with van der Waals surface area (Å²) in [4.78, 5) is 4.32. The van der Waals surface area contributed by atoms with Gasteiger partial charge in [-0.15, -0.1) is 0 Å². The number of hydrazine groups is 1. The van der Waals surface area contributed by atoms with Crippen LogP contribution in [0.15, 0.2) is 18.3 Å². The maximum absolute atomic E-state index is 5.56. The van der Waals surface area contributed by atoms with Gasteiger partial charge in [0, 0.05) is 11.9 Å². The highest BCUT2D eigenvalue weighted by atomic mass is 32.2. The Labute approximate surface area is 101 Å².